The van der Waals surface area contributed by atoms with Gasteiger partial charge in [0, 0.05) is 6.54 Å². The minimum Gasteiger partial charge on any atom is -0.481 e. The van der Waals surface area contributed by atoms with Crippen LogP contribution >= 0.6 is 0 Å². The first-order valence-electron chi connectivity index (χ1n) is 6.88. The quantitative estimate of drug-likeness (QED) is 0.729. The summed E-state index contributed by atoms with van der Waals surface area (Å²) in [6.07, 6.45) is 0.00693. The van der Waals surface area contributed by atoms with Crippen LogP contribution in [0, 0.1) is 0 Å². The fourth-order valence-corrected chi connectivity index (χ4v) is 2.27. The van der Waals surface area contributed by atoms with E-state index in [0.29, 0.717) is 6.54 Å². The number of hydrogen-bond acceptors (Lipinski definition) is 3. The van der Waals surface area contributed by atoms with Gasteiger partial charge in [-0.25, -0.2) is 0 Å². The molecular formula is C17H19NO3. The summed E-state index contributed by atoms with van der Waals surface area (Å²) >= 11 is 0. The van der Waals surface area contributed by atoms with Crippen molar-refractivity contribution < 1.29 is 15.0 Å². The third-order valence-corrected chi connectivity index (χ3v) is 3.38. The average molecular weight is 285 g/mol. The number of nitrogens with one attached hydrogen (secondary N) is 1. The summed E-state index contributed by atoms with van der Waals surface area (Å²) in [5.74, 6) is -0.843. The SMILES string of the molecule is O=C(O)Cc1ccccc1CNC(CO)c1ccccc1. The minimum absolute atomic E-state index is 0.00693. The van der Waals surface area contributed by atoms with Gasteiger partial charge in [-0.15, -0.1) is 0 Å². The highest BCUT2D eigenvalue weighted by atomic mass is 16.4. The summed E-state index contributed by atoms with van der Waals surface area (Å²) < 4.78 is 0. The molecule has 110 valence electrons. The standard InChI is InChI=1S/C17H19NO3/c19-12-16(13-6-2-1-3-7-13)18-11-15-9-5-4-8-14(15)10-17(20)21/h1-9,16,18-19H,10-12H2,(H,20,21). The number of rotatable bonds is 7. The number of aliphatic hydroxyl groups excluding tert-OH is 1. The highest BCUT2D eigenvalue weighted by Gasteiger charge is 2.11. The Morgan fingerprint density at radius 3 is 2.24 bits per heavy atom. The van der Waals surface area contributed by atoms with Crippen LogP contribution in [0.5, 0.6) is 0 Å². The van der Waals surface area contributed by atoms with Gasteiger partial charge < -0.3 is 15.5 Å². The molecule has 0 saturated carbocycles. The normalized spacial score (nSPS) is 12.0. The molecule has 0 saturated heterocycles. The first kappa shape index (κ1) is 15.2. The third-order valence-electron chi connectivity index (χ3n) is 3.38. The van der Waals surface area contributed by atoms with Crippen molar-refractivity contribution in [3.05, 3.63) is 71.3 Å². The molecule has 0 bridgehead atoms. The second kappa shape index (κ2) is 7.57. The lowest BCUT2D eigenvalue weighted by Crippen LogP contribution is -2.24. The molecule has 0 aliphatic rings. The smallest absolute Gasteiger partial charge is 0.307 e. The number of benzene rings is 2. The Bertz CT molecular complexity index is 584. The zero-order chi connectivity index (χ0) is 15.1. The molecule has 3 N–H and O–H groups in total. The van der Waals surface area contributed by atoms with Crippen LogP contribution < -0.4 is 5.32 Å². The molecule has 0 radical (unpaired) electrons. The second-order valence-electron chi connectivity index (χ2n) is 4.87. The lowest BCUT2D eigenvalue weighted by atomic mass is 10.0. The molecule has 4 heteroatoms. The molecule has 0 aromatic heterocycles. The van der Waals surface area contributed by atoms with Gasteiger partial charge in [0.15, 0.2) is 0 Å². The highest BCUT2D eigenvalue weighted by Crippen LogP contribution is 2.15. The lowest BCUT2D eigenvalue weighted by molar-refractivity contribution is -0.136. The van der Waals surface area contributed by atoms with Gasteiger partial charge >= 0.3 is 5.97 Å². The van der Waals surface area contributed by atoms with E-state index >= 15 is 0 Å². The molecule has 4 nitrogen and oxygen atoms in total. The minimum atomic E-state index is -0.843. The number of carboxylic acid groups (broad SMARTS) is 1. The summed E-state index contributed by atoms with van der Waals surface area (Å²) in [7, 11) is 0. The second-order valence-corrected chi connectivity index (χ2v) is 4.87. The maximum atomic E-state index is 10.9. The van der Waals surface area contributed by atoms with Gasteiger partial charge in [-0.05, 0) is 16.7 Å². The molecule has 0 spiro atoms. The maximum Gasteiger partial charge on any atom is 0.307 e. The Balaban J connectivity index is 2.06. The van der Waals surface area contributed by atoms with Crippen molar-refractivity contribution in [1.82, 2.24) is 5.32 Å². The molecule has 2 rings (SSSR count). The van der Waals surface area contributed by atoms with Crippen molar-refractivity contribution in [1.29, 1.82) is 0 Å². The number of aliphatic hydroxyl groups is 1. The summed E-state index contributed by atoms with van der Waals surface area (Å²) in [4.78, 5) is 10.9. The molecule has 1 unspecified atom stereocenters. The molecule has 0 aliphatic heterocycles. The molecular weight excluding hydrogens is 266 g/mol. The number of carbonyl (C=O) groups is 1. The van der Waals surface area contributed by atoms with Crippen LogP contribution in [0.25, 0.3) is 0 Å². The van der Waals surface area contributed by atoms with Crippen molar-refractivity contribution in [2.75, 3.05) is 6.61 Å². The molecule has 2 aromatic rings. The van der Waals surface area contributed by atoms with Crippen LogP contribution in [-0.2, 0) is 17.8 Å². The fourth-order valence-electron chi connectivity index (χ4n) is 2.27. The Labute approximate surface area is 124 Å². The van der Waals surface area contributed by atoms with Gasteiger partial charge in [0.1, 0.15) is 0 Å². The van der Waals surface area contributed by atoms with Crippen molar-refractivity contribution >= 4 is 5.97 Å². The van der Waals surface area contributed by atoms with Crippen LogP contribution in [0.15, 0.2) is 54.6 Å². The van der Waals surface area contributed by atoms with Gasteiger partial charge in [-0.3, -0.25) is 4.79 Å². The molecule has 2 aromatic carbocycles. The van der Waals surface area contributed by atoms with Crippen molar-refractivity contribution in [3.63, 3.8) is 0 Å². The summed E-state index contributed by atoms with van der Waals surface area (Å²) in [5, 5.41) is 21.7. The lowest BCUT2D eigenvalue weighted by Gasteiger charge is -2.18. The van der Waals surface area contributed by atoms with E-state index in [-0.39, 0.29) is 19.1 Å². The van der Waals surface area contributed by atoms with Crippen molar-refractivity contribution in [2.24, 2.45) is 0 Å². The molecule has 0 heterocycles. The summed E-state index contributed by atoms with van der Waals surface area (Å²) in [5.41, 5.74) is 2.74. The van der Waals surface area contributed by atoms with Gasteiger partial charge in [0.05, 0.1) is 19.1 Å². The van der Waals surface area contributed by atoms with Crippen LogP contribution in [0.2, 0.25) is 0 Å². The number of aliphatic carboxylic acids is 1. The molecule has 21 heavy (non-hydrogen) atoms. The van der Waals surface area contributed by atoms with E-state index in [0.717, 1.165) is 16.7 Å². The molecule has 1 atom stereocenters. The van der Waals surface area contributed by atoms with Crippen LogP contribution in [-0.4, -0.2) is 22.8 Å². The molecule has 0 aliphatic carbocycles. The van der Waals surface area contributed by atoms with E-state index in [1.807, 2.05) is 54.6 Å². The van der Waals surface area contributed by atoms with Crippen LogP contribution in [0.4, 0.5) is 0 Å². The van der Waals surface area contributed by atoms with Crippen molar-refractivity contribution in [3.8, 4) is 0 Å². The topological polar surface area (TPSA) is 69.6 Å². The Morgan fingerprint density at radius 1 is 1.00 bits per heavy atom. The predicted molar refractivity (Wildman–Crippen MR) is 80.9 cm³/mol. The molecule has 0 amide bonds. The van der Waals surface area contributed by atoms with E-state index in [1.165, 1.54) is 0 Å². The van der Waals surface area contributed by atoms with Gasteiger partial charge in [0.25, 0.3) is 0 Å². The Morgan fingerprint density at radius 2 is 1.62 bits per heavy atom. The van der Waals surface area contributed by atoms with E-state index in [9.17, 15) is 9.90 Å². The van der Waals surface area contributed by atoms with Crippen LogP contribution in [0.3, 0.4) is 0 Å². The largest absolute Gasteiger partial charge is 0.481 e. The third kappa shape index (κ3) is 4.41. The number of hydrogen-bond donors (Lipinski definition) is 3. The Kier molecular flexibility index (Phi) is 5.49. The fraction of sp³-hybridized carbons (Fsp3) is 0.235. The summed E-state index contributed by atoms with van der Waals surface area (Å²) in [6, 6.07) is 17.0. The molecule has 0 fully saturated rings. The highest BCUT2D eigenvalue weighted by molar-refractivity contribution is 5.70. The van der Waals surface area contributed by atoms with Crippen molar-refractivity contribution in [2.45, 2.75) is 19.0 Å². The van der Waals surface area contributed by atoms with E-state index in [2.05, 4.69) is 5.32 Å². The van der Waals surface area contributed by atoms with E-state index < -0.39 is 5.97 Å². The zero-order valence-corrected chi connectivity index (χ0v) is 11.7. The first-order valence-corrected chi connectivity index (χ1v) is 6.88. The Hall–Kier alpha value is -2.17. The number of carboxylic acids is 1. The predicted octanol–water partition coefficient (Wildman–Crippen LogP) is 2.14. The monoisotopic (exact) mass is 285 g/mol. The van der Waals surface area contributed by atoms with E-state index in [4.69, 9.17) is 5.11 Å². The summed E-state index contributed by atoms with van der Waals surface area (Å²) in [6.45, 7) is 0.509. The van der Waals surface area contributed by atoms with Gasteiger partial charge in [-0.2, -0.15) is 0 Å². The van der Waals surface area contributed by atoms with Crippen LogP contribution in [0.1, 0.15) is 22.7 Å². The maximum absolute atomic E-state index is 10.9. The average Bonchev–Trinajstić information content (AvgIpc) is 2.50. The first-order chi connectivity index (χ1) is 10.2. The van der Waals surface area contributed by atoms with E-state index in [1.54, 1.807) is 0 Å². The zero-order valence-electron chi connectivity index (χ0n) is 11.7. The van der Waals surface area contributed by atoms with Gasteiger partial charge in [0.2, 0.25) is 0 Å². The van der Waals surface area contributed by atoms with Gasteiger partial charge in [-0.1, -0.05) is 54.6 Å².